The van der Waals surface area contributed by atoms with E-state index in [-0.39, 0.29) is 6.04 Å². The second-order valence-electron chi connectivity index (χ2n) is 5.91. The van der Waals surface area contributed by atoms with Gasteiger partial charge in [-0.05, 0) is 43.4 Å². The minimum absolute atomic E-state index is 0.0198. The van der Waals surface area contributed by atoms with Crippen LogP contribution in [0.2, 0.25) is 0 Å². The maximum atomic E-state index is 6.32. The number of aryl methyl sites for hydroxylation is 1. The molecule has 1 aromatic carbocycles. The zero-order chi connectivity index (χ0) is 14.9. The van der Waals surface area contributed by atoms with Crippen LogP contribution in [0.4, 0.5) is 0 Å². The van der Waals surface area contributed by atoms with Gasteiger partial charge in [-0.15, -0.1) is 0 Å². The molecular weight excluding hydrogens is 246 g/mol. The van der Waals surface area contributed by atoms with Gasteiger partial charge in [-0.25, -0.2) is 0 Å². The Morgan fingerprint density at radius 3 is 2.05 bits per heavy atom. The Morgan fingerprint density at radius 2 is 1.60 bits per heavy atom. The molecule has 1 unspecified atom stereocenters. The van der Waals surface area contributed by atoms with Crippen molar-refractivity contribution in [3.05, 3.63) is 52.3 Å². The zero-order valence-corrected chi connectivity index (χ0v) is 13.1. The number of rotatable bonds is 4. The molecule has 0 spiro atoms. The Kier molecular flexibility index (Phi) is 4.29. The molecule has 3 nitrogen and oxygen atoms in total. The van der Waals surface area contributed by atoms with Crippen molar-refractivity contribution in [3.63, 3.8) is 0 Å². The van der Waals surface area contributed by atoms with Crippen LogP contribution < -0.4 is 5.73 Å². The van der Waals surface area contributed by atoms with Crippen molar-refractivity contribution in [3.8, 4) is 0 Å². The average Bonchev–Trinajstić information content (AvgIpc) is 2.66. The van der Waals surface area contributed by atoms with Crippen LogP contribution in [0, 0.1) is 20.8 Å². The van der Waals surface area contributed by atoms with Gasteiger partial charge in [-0.2, -0.15) is 5.10 Å². The largest absolute Gasteiger partial charge is 0.322 e. The lowest BCUT2D eigenvalue weighted by atomic mass is 9.99. The Bertz CT molecular complexity index is 579. The van der Waals surface area contributed by atoms with Crippen molar-refractivity contribution < 1.29 is 0 Å². The van der Waals surface area contributed by atoms with Crippen LogP contribution in [0.25, 0.3) is 0 Å². The van der Waals surface area contributed by atoms with Crippen LogP contribution in [-0.4, -0.2) is 9.78 Å². The molecule has 0 fully saturated rings. The van der Waals surface area contributed by atoms with E-state index in [4.69, 9.17) is 5.73 Å². The normalized spacial score (nSPS) is 12.9. The molecule has 0 aliphatic heterocycles. The highest BCUT2D eigenvalue weighted by Gasteiger charge is 2.12. The maximum absolute atomic E-state index is 6.32. The predicted molar refractivity (Wildman–Crippen MR) is 83.9 cm³/mol. The Hall–Kier alpha value is -1.61. The lowest BCUT2D eigenvalue weighted by Gasteiger charge is -2.15. The highest BCUT2D eigenvalue weighted by Crippen LogP contribution is 2.20. The molecule has 2 rings (SSSR count). The Balaban J connectivity index is 2.15. The summed E-state index contributed by atoms with van der Waals surface area (Å²) in [5.41, 5.74) is 12.4. The summed E-state index contributed by atoms with van der Waals surface area (Å²) in [5, 5.41) is 4.56. The molecule has 0 aliphatic rings. The fraction of sp³-hybridized carbons (Fsp3) is 0.471. The van der Waals surface area contributed by atoms with E-state index in [1.54, 1.807) is 0 Å². The number of hydrogen-bond donors (Lipinski definition) is 1. The van der Waals surface area contributed by atoms with Gasteiger partial charge in [0.05, 0.1) is 12.2 Å². The standard InChI is InChI=1S/C17H25N3/c1-11(2)15-6-8-16(9-7-15)17(18)10-20-14(5)12(3)13(4)19-20/h6-9,11,17H,10,18H2,1-5H3. The summed E-state index contributed by atoms with van der Waals surface area (Å²) in [6, 6.07) is 8.60. The van der Waals surface area contributed by atoms with E-state index in [9.17, 15) is 0 Å². The summed E-state index contributed by atoms with van der Waals surface area (Å²) in [4.78, 5) is 0. The molecule has 0 bridgehead atoms. The summed E-state index contributed by atoms with van der Waals surface area (Å²) in [7, 11) is 0. The van der Waals surface area contributed by atoms with Crippen molar-refractivity contribution in [1.29, 1.82) is 0 Å². The van der Waals surface area contributed by atoms with Crippen molar-refractivity contribution in [2.45, 2.75) is 53.1 Å². The van der Waals surface area contributed by atoms with Gasteiger partial charge in [-0.3, -0.25) is 4.68 Å². The number of nitrogens with two attached hydrogens (primary N) is 1. The minimum Gasteiger partial charge on any atom is -0.322 e. The molecule has 2 N–H and O–H groups in total. The fourth-order valence-electron chi connectivity index (χ4n) is 2.38. The quantitative estimate of drug-likeness (QED) is 0.922. The van der Waals surface area contributed by atoms with Crippen molar-refractivity contribution in [1.82, 2.24) is 9.78 Å². The van der Waals surface area contributed by atoms with E-state index in [0.717, 1.165) is 12.2 Å². The fourth-order valence-corrected chi connectivity index (χ4v) is 2.38. The first-order valence-electron chi connectivity index (χ1n) is 7.26. The molecule has 0 saturated heterocycles. The monoisotopic (exact) mass is 271 g/mol. The van der Waals surface area contributed by atoms with E-state index in [0.29, 0.717) is 5.92 Å². The van der Waals surface area contributed by atoms with Gasteiger partial charge in [0.1, 0.15) is 0 Å². The summed E-state index contributed by atoms with van der Waals surface area (Å²) >= 11 is 0. The smallest absolute Gasteiger partial charge is 0.0625 e. The predicted octanol–water partition coefficient (Wildman–Crippen LogP) is 3.63. The number of nitrogens with zero attached hydrogens (tertiary/aromatic N) is 2. The van der Waals surface area contributed by atoms with Crippen LogP contribution >= 0.6 is 0 Å². The molecule has 0 amide bonds. The van der Waals surface area contributed by atoms with Crippen LogP contribution in [0.15, 0.2) is 24.3 Å². The van der Waals surface area contributed by atoms with E-state index < -0.39 is 0 Å². The van der Waals surface area contributed by atoms with Crippen molar-refractivity contribution >= 4 is 0 Å². The van der Waals surface area contributed by atoms with Crippen LogP contribution in [0.3, 0.4) is 0 Å². The molecule has 0 aliphatic carbocycles. The third kappa shape index (κ3) is 2.93. The summed E-state index contributed by atoms with van der Waals surface area (Å²) in [6.07, 6.45) is 0. The molecule has 1 heterocycles. The van der Waals surface area contributed by atoms with Crippen LogP contribution in [-0.2, 0) is 6.54 Å². The zero-order valence-electron chi connectivity index (χ0n) is 13.1. The molecule has 2 aromatic rings. The maximum Gasteiger partial charge on any atom is 0.0625 e. The number of hydrogen-bond acceptors (Lipinski definition) is 2. The second kappa shape index (κ2) is 5.80. The molecular formula is C17H25N3. The molecule has 108 valence electrons. The van der Waals surface area contributed by atoms with E-state index in [1.807, 2.05) is 11.6 Å². The molecule has 20 heavy (non-hydrogen) atoms. The average molecular weight is 271 g/mol. The summed E-state index contributed by atoms with van der Waals surface area (Å²) in [6.45, 7) is 11.4. The van der Waals surface area contributed by atoms with Gasteiger partial charge in [0.2, 0.25) is 0 Å². The molecule has 1 atom stereocenters. The highest BCUT2D eigenvalue weighted by atomic mass is 15.3. The van der Waals surface area contributed by atoms with Gasteiger partial charge in [0, 0.05) is 11.7 Å². The van der Waals surface area contributed by atoms with Gasteiger partial charge < -0.3 is 5.73 Å². The van der Waals surface area contributed by atoms with Crippen molar-refractivity contribution in [2.24, 2.45) is 5.73 Å². The van der Waals surface area contributed by atoms with Gasteiger partial charge in [0.15, 0.2) is 0 Å². The molecule has 0 radical (unpaired) electrons. The van der Waals surface area contributed by atoms with E-state index >= 15 is 0 Å². The number of benzene rings is 1. The first kappa shape index (κ1) is 14.8. The van der Waals surface area contributed by atoms with Crippen molar-refractivity contribution in [2.75, 3.05) is 0 Å². The SMILES string of the molecule is Cc1nn(CC(N)c2ccc(C(C)C)cc2)c(C)c1C. The minimum atomic E-state index is -0.0198. The van der Waals surface area contributed by atoms with E-state index in [1.165, 1.54) is 22.4 Å². The van der Waals surface area contributed by atoms with Crippen LogP contribution in [0.1, 0.15) is 53.9 Å². The van der Waals surface area contributed by atoms with Gasteiger partial charge in [-0.1, -0.05) is 38.1 Å². The van der Waals surface area contributed by atoms with Gasteiger partial charge >= 0.3 is 0 Å². The first-order valence-corrected chi connectivity index (χ1v) is 7.26. The molecule has 0 saturated carbocycles. The number of aromatic nitrogens is 2. The lowest BCUT2D eigenvalue weighted by Crippen LogP contribution is -2.19. The third-order valence-corrected chi connectivity index (χ3v) is 4.14. The highest BCUT2D eigenvalue weighted by molar-refractivity contribution is 5.27. The lowest BCUT2D eigenvalue weighted by molar-refractivity contribution is 0.514. The summed E-state index contributed by atoms with van der Waals surface area (Å²) < 4.78 is 2.02. The van der Waals surface area contributed by atoms with E-state index in [2.05, 4.69) is 57.1 Å². The topological polar surface area (TPSA) is 43.8 Å². The Labute approximate surface area is 121 Å². The Morgan fingerprint density at radius 1 is 1.05 bits per heavy atom. The second-order valence-corrected chi connectivity index (χ2v) is 5.91. The third-order valence-electron chi connectivity index (χ3n) is 4.14. The molecule has 1 aromatic heterocycles. The first-order chi connectivity index (χ1) is 9.40. The summed E-state index contributed by atoms with van der Waals surface area (Å²) in [5.74, 6) is 0.555. The van der Waals surface area contributed by atoms with Crippen LogP contribution in [0.5, 0.6) is 0 Å². The van der Waals surface area contributed by atoms with Gasteiger partial charge in [0.25, 0.3) is 0 Å². The molecule has 3 heteroatoms.